The number of nitrogens with one attached hydrogen (secondary N) is 1. The summed E-state index contributed by atoms with van der Waals surface area (Å²) in [6.45, 7) is 6.88. The average Bonchev–Trinajstić information content (AvgIpc) is 2.88. The van der Waals surface area contributed by atoms with E-state index in [0.29, 0.717) is 0 Å². The van der Waals surface area contributed by atoms with Crippen LogP contribution in [0.4, 0.5) is 5.13 Å². The topological polar surface area (TPSA) is 37.8 Å². The highest BCUT2D eigenvalue weighted by Gasteiger charge is 2.05. The Bertz CT molecular complexity index is 502. The van der Waals surface area contributed by atoms with Crippen LogP contribution in [0.15, 0.2) is 30.8 Å². The molecule has 0 unspecified atom stereocenters. The molecule has 2 rings (SSSR count). The monoisotopic (exact) mass is 259 g/mol. The van der Waals surface area contributed by atoms with Gasteiger partial charge >= 0.3 is 0 Å². The molecule has 0 aliphatic carbocycles. The van der Waals surface area contributed by atoms with Crippen LogP contribution in [0.25, 0.3) is 16.6 Å². The number of nitrogens with zero attached hydrogens (tertiary/aromatic N) is 2. The van der Waals surface area contributed by atoms with Gasteiger partial charge in [-0.15, -0.1) is 10.2 Å². The minimum atomic E-state index is 0.895. The SMILES string of the molecule is C=Cc1ccc(-c2nnc(NCCCC)s2)cc1. The summed E-state index contributed by atoms with van der Waals surface area (Å²) in [6.07, 6.45) is 4.17. The predicted octanol–water partition coefficient (Wildman–Crippen LogP) is 4.06. The molecule has 1 N–H and O–H groups in total. The second kappa shape index (κ2) is 6.31. The van der Waals surface area contributed by atoms with Gasteiger partial charge in [0.05, 0.1) is 0 Å². The average molecular weight is 259 g/mol. The first-order valence-corrected chi connectivity index (χ1v) is 6.95. The first kappa shape index (κ1) is 12.8. The molecular weight excluding hydrogens is 242 g/mol. The molecule has 3 nitrogen and oxygen atoms in total. The maximum absolute atomic E-state index is 4.20. The van der Waals surface area contributed by atoms with Crippen molar-refractivity contribution in [2.45, 2.75) is 19.8 Å². The largest absolute Gasteiger partial charge is 0.360 e. The van der Waals surface area contributed by atoms with E-state index in [-0.39, 0.29) is 0 Å². The molecule has 0 atom stereocenters. The molecule has 0 radical (unpaired) electrons. The minimum absolute atomic E-state index is 0.895. The van der Waals surface area contributed by atoms with Crippen molar-refractivity contribution in [1.29, 1.82) is 0 Å². The zero-order valence-electron chi connectivity index (χ0n) is 10.5. The zero-order valence-corrected chi connectivity index (χ0v) is 11.3. The molecule has 0 fully saturated rings. The molecule has 0 aliphatic rings. The van der Waals surface area contributed by atoms with Crippen LogP contribution in [0.3, 0.4) is 0 Å². The number of unbranched alkanes of at least 4 members (excludes halogenated alkanes) is 1. The number of hydrogen-bond acceptors (Lipinski definition) is 4. The van der Waals surface area contributed by atoms with Crippen molar-refractivity contribution in [2.24, 2.45) is 0 Å². The van der Waals surface area contributed by atoms with Crippen LogP contribution in [0.1, 0.15) is 25.3 Å². The van der Waals surface area contributed by atoms with Gasteiger partial charge in [-0.1, -0.05) is 61.6 Å². The standard InChI is InChI=1S/C14H17N3S/c1-3-5-10-15-14-17-16-13(18-14)12-8-6-11(4-2)7-9-12/h4,6-9H,2-3,5,10H2,1H3,(H,15,17). The third kappa shape index (κ3) is 3.17. The highest BCUT2D eigenvalue weighted by molar-refractivity contribution is 7.18. The normalized spacial score (nSPS) is 10.3. The molecule has 1 aromatic carbocycles. The third-order valence-corrected chi connectivity index (χ3v) is 3.55. The van der Waals surface area contributed by atoms with Crippen molar-refractivity contribution in [3.05, 3.63) is 36.4 Å². The zero-order chi connectivity index (χ0) is 12.8. The van der Waals surface area contributed by atoms with Gasteiger partial charge in [0.2, 0.25) is 5.13 Å². The van der Waals surface area contributed by atoms with Crippen molar-refractivity contribution in [3.63, 3.8) is 0 Å². The summed E-state index contributed by atoms with van der Waals surface area (Å²) in [4.78, 5) is 0. The highest BCUT2D eigenvalue weighted by Crippen LogP contribution is 2.26. The summed E-state index contributed by atoms with van der Waals surface area (Å²) >= 11 is 1.59. The van der Waals surface area contributed by atoms with Crippen molar-refractivity contribution in [1.82, 2.24) is 10.2 Å². The molecule has 0 bridgehead atoms. The molecule has 18 heavy (non-hydrogen) atoms. The van der Waals surface area contributed by atoms with E-state index in [0.717, 1.165) is 34.2 Å². The van der Waals surface area contributed by atoms with Gasteiger partial charge < -0.3 is 5.32 Å². The first-order chi connectivity index (χ1) is 8.83. The molecule has 0 amide bonds. The van der Waals surface area contributed by atoms with Gasteiger partial charge in [0.25, 0.3) is 0 Å². The highest BCUT2D eigenvalue weighted by atomic mass is 32.1. The molecule has 0 saturated heterocycles. The smallest absolute Gasteiger partial charge is 0.206 e. The van der Waals surface area contributed by atoms with E-state index in [1.165, 1.54) is 6.42 Å². The predicted molar refractivity (Wildman–Crippen MR) is 78.8 cm³/mol. The fraction of sp³-hybridized carbons (Fsp3) is 0.286. The van der Waals surface area contributed by atoms with E-state index in [2.05, 4.69) is 29.0 Å². The number of benzene rings is 1. The van der Waals surface area contributed by atoms with Crippen molar-refractivity contribution >= 4 is 22.5 Å². The van der Waals surface area contributed by atoms with Gasteiger partial charge in [-0.25, -0.2) is 0 Å². The van der Waals surface area contributed by atoms with Crippen molar-refractivity contribution in [3.8, 4) is 10.6 Å². The Morgan fingerprint density at radius 2 is 2.06 bits per heavy atom. The van der Waals surface area contributed by atoms with Crippen LogP contribution in [-0.4, -0.2) is 16.7 Å². The number of aromatic nitrogens is 2. The molecule has 1 heterocycles. The Hall–Kier alpha value is -1.68. The van der Waals surface area contributed by atoms with Crippen molar-refractivity contribution < 1.29 is 0 Å². The maximum atomic E-state index is 4.20. The summed E-state index contributed by atoms with van der Waals surface area (Å²) < 4.78 is 0. The van der Waals surface area contributed by atoms with Gasteiger partial charge in [0, 0.05) is 12.1 Å². The summed E-state index contributed by atoms with van der Waals surface area (Å²) in [6, 6.07) is 8.17. The molecule has 0 spiro atoms. The number of anilines is 1. The van der Waals surface area contributed by atoms with E-state index in [1.807, 2.05) is 30.3 Å². The fourth-order valence-electron chi connectivity index (χ4n) is 1.55. The Morgan fingerprint density at radius 1 is 1.28 bits per heavy atom. The molecule has 2 aromatic rings. The molecule has 94 valence electrons. The van der Waals surface area contributed by atoms with E-state index >= 15 is 0 Å². The lowest BCUT2D eigenvalue weighted by Crippen LogP contribution is -1.99. The lowest BCUT2D eigenvalue weighted by molar-refractivity contribution is 0.831. The molecule has 0 aliphatic heterocycles. The van der Waals surface area contributed by atoms with Gasteiger partial charge in [-0.05, 0) is 12.0 Å². The Kier molecular flexibility index (Phi) is 4.47. The van der Waals surface area contributed by atoms with Crippen LogP contribution < -0.4 is 5.32 Å². The van der Waals surface area contributed by atoms with Crippen LogP contribution >= 0.6 is 11.3 Å². The Balaban J connectivity index is 2.06. The lowest BCUT2D eigenvalue weighted by Gasteiger charge is -1.98. The number of hydrogen-bond donors (Lipinski definition) is 1. The molecule has 0 saturated carbocycles. The maximum Gasteiger partial charge on any atom is 0.206 e. The third-order valence-electron chi connectivity index (χ3n) is 2.62. The van der Waals surface area contributed by atoms with Crippen LogP contribution in [0, 0.1) is 0 Å². The summed E-state index contributed by atoms with van der Waals surface area (Å²) in [5, 5.41) is 13.5. The quantitative estimate of drug-likeness (QED) is 0.795. The Morgan fingerprint density at radius 3 is 2.72 bits per heavy atom. The fourth-order valence-corrected chi connectivity index (χ4v) is 2.32. The number of rotatable bonds is 6. The summed E-state index contributed by atoms with van der Waals surface area (Å²) in [5.41, 5.74) is 2.21. The summed E-state index contributed by atoms with van der Waals surface area (Å²) in [7, 11) is 0. The second-order valence-corrected chi connectivity index (χ2v) is 5.00. The van der Waals surface area contributed by atoms with Gasteiger partial charge in [0.1, 0.15) is 5.01 Å². The van der Waals surface area contributed by atoms with Crippen LogP contribution in [-0.2, 0) is 0 Å². The van der Waals surface area contributed by atoms with Gasteiger partial charge in [0.15, 0.2) is 0 Å². The van der Waals surface area contributed by atoms with Gasteiger partial charge in [-0.3, -0.25) is 0 Å². The van der Waals surface area contributed by atoms with E-state index in [1.54, 1.807) is 11.3 Å². The van der Waals surface area contributed by atoms with E-state index in [4.69, 9.17) is 0 Å². The lowest BCUT2D eigenvalue weighted by atomic mass is 10.1. The molecular formula is C14H17N3S. The van der Waals surface area contributed by atoms with E-state index in [9.17, 15) is 0 Å². The summed E-state index contributed by atoms with van der Waals surface area (Å²) in [5.74, 6) is 0. The molecule has 1 aromatic heterocycles. The van der Waals surface area contributed by atoms with Crippen LogP contribution in [0.5, 0.6) is 0 Å². The second-order valence-electron chi connectivity index (χ2n) is 4.02. The molecule has 4 heteroatoms. The van der Waals surface area contributed by atoms with E-state index < -0.39 is 0 Å². The van der Waals surface area contributed by atoms with Crippen molar-refractivity contribution in [2.75, 3.05) is 11.9 Å². The minimum Gasteiger partial charge on any atom is -0.360 e. The first-order valence-electron chi connectivity index (χ1n) is 6.13. The Labute approximate surface area is 112 Å². The van der Waals surface area contributed by atoms with Gasteiger partial charge in [-0.2, -0.15) is 0 Å². The van der Waals surface area contributed by atoms with Crippen LogP contribution in [0.2, 0.25) is 0 Å².